The first kappa shape index (κ1) is 10.7. The molecule has 2 saturated carbocycles. The van der Waals surface area contributed by atoms with Crippen molar-refractivity contribution >= 4 is 5.91 Å². The number of carbonyl (C=O) groups excluding carboxylic acids is 1. The second kappa shape index (κ2) is 4.82. The molecule has 15 heavy (non-hydrogen) atoms. The second-order valence-corrected chi connectivity index (χ2v) is 5.04. The van der Waals surface area contributed by atoms with Crippen molar-refractivity contribution in [1.82, 2.24) is 5.32 Å². The summed E-state index contributed by atoms with van der Waals surface area (Å²) in [5.41, 5.74) is 0. The first-order valence-electron chi connectivity index (χ1n) is 6.22. The van der Waals surface area contributed by atoms with Crippen LogP contribution in [-0.4, -0.2) is 11.9 Å². The third-order valence-corrected chi connectivity index (χ3v) is 4.02. The quantitative estimate of drug-likeness (QED) is 0.693. The van der Waals surface area contributed by atoms with E-state index in [2.05, 4.69) is 11.9 Å². The smallest absolute Gasteiger partial charge is 0.243 e. The Morgan fingerprint density at radius 3 is 2.27 bits per heavy atom. The number of nitrogens with one attached hydrogen (secondary N) is 1. The highest BCUT2D eigenvalue weighted by molar-refractivity contribution is 5.87. The van der Waals surface area contributed by atoms with Crippen LogP contribution in [0.15, 0.2) is 12.7 Å². The summed E-state index contributed by atoms with van der Waals surface area (Å²) in [6.45, 7) is 3.50. The maximum absolute atomic E-state index is 11.2. The average molecular weight is 207 g/mol. The van der Waals surface area contributed by atoms with Gasteiger partial charge in [-0.15, -0.1) is 0 Å². The van der Waals surface area contributed by atoms with Gasteiger partial charge >= 0.3 is 0 Å². The number of rotatable bonds is 2. The van der Waals surface area contributed by atoms with Crippen LogP contribution < -0.4 is 5.32 Å². The molecule has 2 aliphatic rings. The van der Waals surface area contributed by atoms with Crippen molar-refractivity contribution in [3.05, 3.63) is 12.7 Å². The lowest BCUT2D eigenvalue weighted by Crippen LogP contribution is -2.31. The summed E-state index contributed by atoms with van der Waals surface area (Å²) in [7, 11) is 0. The molecule has 0 aromatic heterocycles. The second-order valence-electron chi connectivity index (χ2n) is 5.04. The molecular formula is C13H21NO. The van der Waals surface area contributed by atoms with Crippen molar-refractivity contribution in [1.29, 1.82) is 0 Å². The van der Waals surface area contributed by atoms with Crippen LogP contribution >= 0.6 is 0 Å². The Bertz CT molecular complexity index is 235. The van der Waals surface area contributed by atoms with E-state index in [4.69, 9.17) is 0 Å². The van der Waals surface area contributed by atoms with Crippen LogP contribution in [0.25, 0.3) is 0 Å². The van der Waals surface area contributed by atoms with Gasteiger partial charge in [-0.25, -0.2) is 0 Å². The Morgan fingerprint density at radius 1 is 1.13 bits per heavy atom. The summed E-state index contributed by atoms with van der Waals surface area (Å²) in [5, 5.41) is 3.05. The number of amides is 1. The Hall–Kier alpha value is -0.790. The normalized spacial score (nSPS) is 35.3. The Labute approximate surface area is 92.1 Å². The highest BCUT2D eigenvalue weighted by atomic mass is 16.1. The topological polar surface area (TPSA) is 29.1 Å². The minimum atomic E-state index is -0.00328. The van der Waals surface area contributed by atoms with Gasteiger partial charge in [0.2, 0.25) is 5.91 Å². The fourth-order valence-electron chi connectivity index (χ4n) is 3.29. The third-order valence-electron chi connectivity index (χ3n) is 4.02. The molecule has 0 spiro atoms. The molecule has 2 unspecified atom stereocenters. The Balaban J connectivity index is 1.87. The molecule has 0 bridgehead atoms. The summed E-state index contributed by atoms with van der Waals surface area (Å²) in [4.78, 5) is 11.2. The maximum Gasteiger partial charge on any atom is 0.243 e. The molecular weight excluding hydrogens is 186 g/mol. The molecule has 2 heteroatoms. The molecule has 2 atom stereocenters. The Kier molecular flexibility index (Phi) is 3.45. The van der Waals surface area contributed by atoms with Crippen LogP contribution in [0.3, 0.4) is 0 Å². The van der Waals surface area contributed by atoms with Crippen molar-refractivity contribution in [3.63, 3.8) is 0 Å². The Morgan fingerprint density at radius 2 is 1.73 bits per heavy atom. The van der Waals surface area contributed by atoms with Gasteiger partial charge in [-0.05, 0) is 30.8 Å². The molecule has 0 saturated heterocycles. The average Bonchev–Trinajstić information content (AvgIpc) is 2.48. The van der Waals surface area contributed by atoms with E-state index >= 15 is 0 Å². The van der Waals surface area contributed by atoms with Crippen molar-refractivity contribution in [3.8, 4) is 0 Å². The summed E-state index contributed by atoms with van der Waals surface area (Å²) < 4.78 is 0. The molecule has 2 rings (SSSR count). The fourth-order valence-corrected chi connectivity index (χ4v) is 3.29. The van der Waals surface area contributed by atoms with Crippen LogP contribution in [0.4, 0.5) is 0 Å². The van der Waals surface area contributed by atoms with E-state index in [1.807, 2.05) is 0 Å². The van der Waals surface area contributed by atoms with Gasteiger partial charge in [0.05, 0.1) is 0 Å². The third kappa shape index (κ3) is 2.61. The molecule has 0 aliphatic heterocycles. The predicted molar refractivity (Wildman–Crippen MR) is 61.4 cm³/mol. The first-order valence-corrected chi connectivity index (χ1v) is 6.22. The molecule has 0 radical (unpaired) electrons. The molecule has 0 aromatic rings. The van der Waals surface area contributed by atoms with Crippen LogP contribution in [0.5, 0.6) is 0 Å². The van der Waals surface area contributed by atoms with E-state index in [0.717, 1.165) is 11.8 Å². The van der Waals surface area contributed by atoms with E-state index in [9.17, 15) is 4.79 Å². The molecule has 1 amide bonds. The number of carbonyl (C=O) groups is 1. The van der Waals surface area contributed by atoms with Gasteiger partial charge in [-0.2, -0.15) is 0 Å². The SMILES string of the molecule is C=CC(=O)NC1CC2CCCCCC2C1. The summed E-state index contributed by atoms with van der Waals surface area (Å²) in [6.07, 6.45) is 10.7. The molecule has 2 nitrogen and oxygen atoms in total. The van der Waals surface area contributed by atoms with Crippen LogP contribution in [0.1, 0.15) is 44.9 Å². The van der Waals surface area contributed by atoms with Crippen molar-refractivity contribution in [2.45, 2.75) is 51.0 Å². The zero-order valence-electron chi connectivity index (χ0n) is 9.37. The van der Waals surface area contributed by atoms with Gasteiger partial charge in [0, 0.05) is 6.04 Å². The lowest BCUT2D eigenvalue weighted by Gasteiger charge is -2.13. The first-order chi connectivity index (χ1) is 7.29. The molecule has 0 heterocycles. The summed E-state index contributed by atoms with van der Waals surface area (Å²) >= 11 is 0. The molecule has 2 aliphatic carbocycles. The van der Waals surface area contributed by atoms with E-state index in [1.165, 1.54) is 51.0 Å². The highest BCUT2D eigenvalue weighted by Gasteiger charge is 2.34. The van der Waals surface area contributed by atoms with E-state index in [1.54, 1.807) is 0 Å². The van der Waals surface area contributed by atoms with E-state index in [0.29, 0.717) is 6.04 Å². The fraction of sp³-hybridized carbons (Fsp3) is 0.769. The van der Waals surface area contributed by atoms with E-state index in [-0.39, 0.29) is 5.91 Å². The van der Waals surface area contributed by atoms with Gasteiger partial charge in [-0.1, -0.05) is 38.7 Å². The molecule has 1 N–H and O–H groups in total. The van der Waals surface area contributed by atoms with Crippen LogP contribution in [0.2, 0.25) is 0 Å². The number of hydrogen-bond acceptors (Lipinski definition) is 1. The van der Waals surface area contributed by atoms with Gasteiger partial charge in [0.25, 0.3) is 0 Å². The molecule has 0 aromatic carbocycles. The van der Waals surface area contributed by atoms with Crippen molar-refractivity contribution < 1.29 is 4.79 Å². The lowest BCUT2D eigenvalue weighted by atomic mass is 9.92. The van der Waals surface area contributed by atoms with Gasteiger partial charge in [-0.3, -0.25) is 4.79 Å². The molecule has 2 fully saturated rings. The van der Waals surface area contributed by atoms with Crippen molar-refractivity contribution in [2.75, 3.05) is 0 Å². The summed E-state index contributed by atoms with van der Waals surface area (Å²) in [5.74, 6) is 1.75. The number of fused-ring (bicyclic) bond motifs is 1. The van der Waals surface area contributed by atoms with Gasteiger partial charge in [0.1, 0.15) is 0 Å². The monoisotopic (exact) mass is 207 g/mol. The van der Waals surface area contributed by atoms with Gasteiger partial charge < -0.3 is 5.32 Å². The highest BCUT2D eigenvalue weighted by Crippen LogP contribution is 2.40. The van der Waals surface area contributed by atoms with E-state index < -0.39 is 0 Å². The molecule has 84 valence electrons. The van der Waals surface area contributed by atoms with Crippen LogP contribution in [-0.2, 0) is 4.79 Å². The van der Waals surface area contributed by atoms with Crippen LogP contribution in [0, 0.1) is 11.8 Å². The number of hydrogen-bond donors (Lipinski definition) is 1. The minimum Gasteiger partial charge on any atom is -0.350 e. The summed E-state index contributed by atoms with van der Waals surface area (Å²) in [6, 6.07) is 0.420. The van der Waals surface area contributed by atoms with Crippen molar-refractivity contribution in [2.24, 2.45) is 11.8 Å². The largest absolute Gasteiger partial charge is 0.350 e. The predicted octanol–water partition coefficient (Wildman–Crippen LogP) is 2.65. The lowest BCUT2D eigenvalue weighted by molar-refractivity contribution is -0.117. The zero-order valence-corrected chi connectivity index (χ0v) is 9.37. The minimum absolute atomic E-state index is 0.00328. The zero-order chi connectivity index (χ0) is 10.7. The maximum atomic E-state index is 11.2. The van der Waals surface area contributed by atoms with Gasteiger partial charge in [0.15, 0.2) is 0 Å². The standard InChI is InChI=1S/C13H21NO/c1-2-13(15)14-12-8-10-6-4-3-5-7-11(10)9-12/h2,10-12H,1,3-9H2,(H,14,15).